The van der Waals surface area contributed by atoms with Crippen LogP contribution in [-0.2, 0) is 14.6 Å². The first-order valence-electron chi connectivity index (χ1n) is 9.66. The highest BCUT2D eigenvalue weighted by Crippen LogP contribution is 2.47. The number of nitrogens with one attached hydrogen (secondary N) is 1. The highest BCUT2D eigenvalue weighted by atomic mass is 32.2. The van der Waals surface area contributed by atoms with E-state index in [4.69, 9.17) is 0 Å². The average molecular weight is 434 g/mol. The third-order valence-corrected chi connectivity index (χ3v) is 8.61. The van der Waals surface area contributed by atoms with Crippen LogP contribution in [0.5, 0.6) is 0 Å². The smallest absolute Gasteiger partial charge is 0.225 e. The van der Waals surface area contributed by atoms with Gasteiger partial charge in [0.25, 0.3) is 0 Å². The molecule has 4 aromatic rings. The van der Waals surface area contributed by atoms with Gasteiger partial charge in [-0.05, 0) is 35.4 Å². The first-order valence-corrected chi connectivity index (χ1v) is 12.0. The standard InChI is InChI=1S/C24H19NO3S2/c1-15-9-11-17(12-10-15)30(27,28)21-14-29-24-20(13-22(26)25-23(21)24)19-8-4-6-16-5-2-3-7-18(16)19/h2-12,14,20H,13H2,1H3,(H,25,26)/t20-/m0/s1. The SMILES string of the molecule is Cc1ccc(S(=O)(=O)c2csc3c2NC(=O)C[C@H]3c2cccc3ccccc23)cc1. The quantitative estimate of drug-likeness (QED) is 0.463. The zero-order chi connectivity index (χ0) is 20.9. The van der Waals surface area contributed by atoms with Gasteiger partial charge in [0.1, 0.15) is 4.90 Å². The van der Waals surface area contributed by atoms with Gasteiger partial charge >= 0.3 is 0 Å². The minimum absolute atomic E-state index is 0.167. The minimum atomic E-state index is -3.73. The van der Waals surface area contributed by atoms with Crippen LogP contribution in [0.2, 0.25) is 0 Å². The summed E-state index contributed by atoms with van der Waals surface area (Å²) in [5.74, 6) is -0.342. The van der Waals surface area contributed by atoms with Gasteiger partial charge in [-0.2, -0.15) is 0 Å². The van der Waals surface area contributed by atoms with Crippen molar-refractivity contribution in [2.75, 3.05) is 5.32 Å². The number of rotatable bonds is 3. The van der Waals surface area contributed by atoms with E-state index >= 15 is 0 Å². The highest BCUT2D eigenvalue weighted by molar-refractivity contribution is 7.91. The molecule has 1 aliphatic rings. The van der Waals surface area contributed by atoms with Crippen LogP contribution in [0, 0.1) is 6.92 Å². The zero-order valence-corrected chi connectivity index (χ0v) is 17.9. The Bertz CT molecular complexity index is 1380. The molecule has 5 rings (SSSR count). The van der Waals surface area contributed by atoms with Crippen LogP contribution in [0.25, 0.3) is 10.8 Å². The summed E-state index contributed by atoms with van der Waals surface area (Å²) in [5, 5.41) is 6.68. The Labute approximate surface area is 179 Å². The van der Waals surface area contributed by atoms with Crippen LogP contribution >= 0.6 is 11.3 Å². The van der Waals surface area contributed by atoms with Crippen molar-refractivity contribution in [3.05, 3.63) is 88.1 Å². The maximum atomic E-state index is 13.3. The monoisotopic (exact) mass is 433 g/mol. The van der Waals surface area contributed by atoms with Crippen molar-refractivity contribution in [3.8, 4) is 0 Å². The highest BCUT2D eigenvalue weighted by Gasteiger charge is 2.34. The molecule has 3 aromatic carbocycles. The van der Waals surface area contributed by atoms with Crippen molar-refractivity contribution < 1.29 is 13.2 Å². The van der Waals surface area contributed by atoms with Crippen LogP contribution in [0.15, 0.2) is 81.9 Å². The minimum Gasteiger partial charge on any atom is -0.324 e. The molecule has 0 saturated heterocycles. The van der Waals surface area contributed by atoms with E-state index in [1.54, 1.807) is 29.6 Å². The summed E-state index contributed by atoms with van der Waals surface area (Å²) in [6.07, 6.45) is 0.297. The molecule has 0 saturated carbocycles. The van der Waals surface area contributed by atoms with Crippen LogP contribution in [-0.4, -0.2) is 14.3 Å². The maximum Gasteiger partial charge on any atom is 0.225 e. The fraction of sp³-hybridized carbons (Fsp3) is 0.125. The number of carbonyl (C=O) groups is 1. The lowest BCUT2D eigenvalue weighted by molar-refractivity contribution is -0.116. The van der Waals surface area contributed by atoms with E-state index in [0.717, 1.165) is 26.8 Å². The molecule has 0 bridgehead atoms. The molecule has 1 atom stereocenters. The van der Waals surface area contributed by atoms with Crippen molar-refractivity contribution in [1.82, 2.24) is 0 Å². The molecule has 0 aliphatic carbocycles. The molecule has 30 heavy (non-hydrogen) atoms. The number of hydrogen-bond acceptors (Lipinski definition) is 4. The summed E-state index contributed by atoms with van der Waals surface area (Å²) >= 11 is 1.40. The van der Waals surface area contributed by atoms with E-state index in [1.807, 2.05) is 43.3 Å². The van der Waals surface area contributed by atoms with E-state index in [-0.39, 0.29) is 21.6 Å². The Kier molecular flexibility index (Phi) is 4.49. The molecule has 1 aliphatic heterocycles. The lowest BCUT2D eigenvalue weighted by atomic mass is 9.87. The van der Waals surface area contributed by atoms with Gasteiger partial charge in [-0.1, -0.05) is 60.2 Å². The molecule has 1 aromatic heterocycles. The number of fused-ring (bicyclic) bond motifs is 2. The average Bonchev–Trinajstić information content (AvgIpc) is 3.17. The number of amides is 1. The number of aryl methyl sites for hydroxylation is 1. The third kappa shape index (κ3) is 3.04. The van der Waals surface area contributed by atoms with Crippen molar-refractivity contribution in [1.29, 1.82) is 0 Å². The Hall–Kier alpha value is -2.96. The number of sulfone groups is 1. The predicted molar refractivity (Wildman–Crippen MR) is 120 cm³/mol. The van der Waals surface area contributed by atoms with Crippen molar-refractivity contribution in [2.45, 2.75) is 29.1 Å². The molecule has 6 heteroatoms. The number of anilines is 1. The normalized spacial score (nSPS) is 16.3. The lowest BCUT2D eigenvalue weighted by Gasteiger charge is -2.25. The summed E-state index contributed by atoms with van der Waals surface area (Å²) in [7, 11) is -3.73. The van der Waals surface area contributed by atoms with Gasteiger partial charge in [0.05, 0.1) is 10.6 Å². The van der Waals surface area contributed by atoms with E-state index in [0.29, 0.717) is 12.1 Å². The molecule has 2 heterocycles. The largest absolute Gasteiger partial charge is 0.324 e. The van der Waals surface area contributed by atoms with Gasteiger partial charge in [-0.25, -0.2) is 8.42 Å². The van der Waals surface area contributed by atoms with Gasteiger partial charge in [0.2, 0.25) is 15.7 Å². The summed E-state index contributed by atoms with van der Waals surface area (Å²) in [5.41, 5.74) is 2.46. The van der Waals surface area contributed by atoms with Gasteiger partial charge in [0, 0.05) is 22.6 Å². The molecular formula is C24H19NO3S2. The molecule has 0 spiro atoms. The fourth-order valence-corrected chi connectivity index (χ4v) is 6.95. The number of carbonyl (C=O) groups excluding carboxylic acids is 1. The van der Waals surface area contributed by atoms with Crippen LogP contribution in [0.3, 0.4) is 0 Å². The van der Waals surface area contributed by atoms with Gasteiger partial charge in [-0.3, -0.25) is 4.79 Å². The first kappa shape index (κ1) is 19.0. The van der Waals surface area contributed by atoms with Crippen LogP contribution in [0.4, 0.5) is 5.69 Å². The lowest BCUT2D eigenvalue weighted by Crippen LogP contribution is -2.23. The van der Waals surface area contributed by atoms with Crippen LogP contribution < -0.4 is 5.32 Å². The molecule has 1 N–H and O–H groups in total. The Morgan fingerprint density at radius 1 is 0.967 bits per heavy atom. The summed E-state index contributed by atoms with van der Waals surface area (Å²) in [6.45, 7) is 1.91. The summed E-state index contributed by atoms with van der Waals surface area (Å²) in [6, 6.07) is 20.9. The second-order valence-corrected chi connectivity index (χ2v) is 10.4. The second kappa shape index (κ2) is 7.07. The Morgan fingerprint density at radius 2 is 1.70 bits per heavy atom. The number of thiophene rings is 1. The number of benzene rings is 3. The Morgan fingerprint density at radius 3 is 2.50 bits per heavy atom. The van der Waals surface area contributed by atoms with Crippen molar-refractivity contribution in [2.24, 2.45) is 0 Å². The van der Waals surface area contributed by atoms with E-state index in [9.17, 15) is 13.2 Å². The second-order valence-electron chi connectivity index (χ2n) is 7.53. The Balaban J connectivity index is 1.67. The molecule has 0 unspecified atom stereocenters. The van der Waals surface area contributed by atoms with E-state index < -0.39 is 9.84 Å². The van der Waals surface area contributed by atoms with E-state index in [1.165, 1.54) is 11.3 Å². The fourth-order valence-electron chi connectivity index (χ4n) is 4.05. The van der Waals surface area contributed by atoms with Crippen LogP contribution in [0.1, 0.15) is 28.3 Å². The topological polar surface area (TPSA) is 63.2 Å². The zero-order valence-electron chi connectivity index (χ0n) is 16.3. The molecule has 1 amide bonds. The summed E-state index contributed by atoms with van der Waals surface area (Å²) in [4.78, 5) is 13.9. The molecule has 150 valence electrons. The first-order chi connectivity index (χ1) is 14.4. The molecule has 4 nitrogen and oxygen atoms in total. The maximum absolute atomic E-state index is 13.3. The summed E-state index contributed by atoms with van der Waals surface area (Å²) < 4.78 is 26.6. The third-order valence-electron chi connectivity index (χ3n) is 5.58. The molecule has 0 radical (unpaired) electrons. The number of hydrogen-bond donors (Lipinski definition) is 1. The molecular weight excluding hydrogens is 414 g/mol. The van der Waals surface area contributed by atoms with Gasteiger partial charge < -0.3 is 5.32 Å². The van der Waals surface area contributed by atoms with Gasteiger partial charge in [-0.15, -0.1) is 11.3 Å². The van der Waals surface area contributed by atoms with Gasteiger partial charge in [0.15, 0.2) is 0 Å². The van der Waals surface area contributed by atoms with E-state index in [2.05, 4.69) is 11.4 Å². The van der Waals surface area contributed by atoms with Crippen molar-refractivity contribution >= 4 is 43.5 Å². The molecule has 0 fully saturated rings. The predicted octanol–water partition coefficient (Wildman–Crippen LogP) is 5.52. The van der Waals surface area contributed by atoms with Crippen molar-refractivity contribution in [3.63, 3.8) is 0 Å².